The molecule has 0 saturated heterocycles. The molecule has 8 nitrogen and oxygen atoms in total. The van der Waals surface area contributed by atoms with Crippen molar-refractivity contribution in [3.05, 3.63) is 53.1 Å². The van der Waals surface area contributed by atoms with Crippen LogP contribution in [-0.4, -0.2) is 36.1 Å². The van der Waals surface area contributed by atoms with E-state index in [0.717, 1.165) is 0 Å². The first-order valence-electron chi connectivity index (χ1n) is 8.19. The van der Waals surface area contributed by atoms with Gasteiger partial charge in [0, 0.05) is 6.54 Å². The maximum Gasteiger partial charge on any atom is 0.339 e. The zero-order valence-corrected chi connectivity index (χ0v) is 14.7. The summed E-state index contributed by atoms with van der Waals surface area (Å²) in [6, 6.07) is 9.54. The summed E-state index contributed by atoms with van der Waals surface area (Å²) in [5, 5.41) is 14.7. The molecule has 1 aliphatic rings. The van der Waals surface area contributed by atoms with E-state index in [1.807, 2.05) is 0 Å². The highest BCUT2D eigenvalue weighted by atomic mass is 16.5. The number of methoxy groups -OCH3 is 1. The lowest BCUT2D eigenvalue weighted by atomic mass is 10.1. The Labute approximate surface area is 155 Å². The summed E-state index contributed by atoms with van der Waals surface area (Å²) in [6.45, 7) is 1.71. The molecule has 0 aromatic heterocycles. The first kappa shape index (κ1) is 18.2. The second-order valence-electron chi connectivity index (χ2n) is 5.95. The van der Waals surface area contributed by atoms with Crippen molar-refractivity contribution < 1.29 is 29.0 Å². The number of fused-ring (bicyclic) bond motifs is 1. The van der Waals surface area contributed by atoms with Gasteiger partial charge in [-0.3, -0.25) is 9.59 Å². The molecule has 0 aliphatic carbocycles. The number of carbonyl (C=O) groups excluding carboxylic acids is 2. The number of amides is 2. The Kier molecular flexibility index (Phi) is 4.98. The average molecular weight is 370 g/mol. The van der Waals surface area contributed by atoms with Crippen LogP contribution in [0.3, 0.4) is 0 Å². The number of hydrogen-bond acceptors (Lipinski definition) is 5. The maximum atomic E-state index is 12.6. The number of rotatable bonds is 5. The lowest BCUT2D eigenvalue weighted by molar-refractivity contribution is -0.122. The van der Waals surface area contributed by atoms with E-state index >= 15 is 0 Å². The Morgan fingerprint density at radius 2 is 2.04 bits per heavy atom. The van der Waals surface area contributed by atoms with E-state index in [1.165, 1.54) is 19.2 Å². The molecule has 1 aliphatic heterocycles. The van der Waals surface area contributed by atoms with Gasteiger partial charge in [0.05, 0.1) is 18.4 Å². The highest BCUT2D eigenvalue weighted by molar-refractivity contribution is 6.04. The number of carboxylic acid groups (broad SMARTS) is 1. The third-order valence-electron chi connectivity index (χ3n) is 4.13. The fourth-order valence-corrected chi connectivity index (χ4v) is 2.72. The number of nitrogens with one attached hydrogen (secondary N) is 2. The van der Waals surface area contributed by atoms with E-state index < -0.39 is 18.0 Å². The number of hydrogen-bond donors (Lipinski definition) is 3. The van der Waals surface area contributed by atoms with Crippen molar-refractivity contribution in [1.29, 1.82) is 0 Å². The van der Waals surface area contributed by atoms with Crippen LogP contribution in [0.5, 0.6) is 11.5 Å². The van der Waals surface area contributed by atoms with Gasteiger partial charge in [0.1, 0.15) is 11.3 Å². The predicted molar refractivity (Wildman–Crippen MR) is 96.3 cm³/mol. The van der Waals surface area contributed by atoms with E-state index in [4.69, 9.17) is 9.47 Å². The lowest BCUT2D eigenvalue weighted by Crippen LogP contribution is -2.35. The summed E-state index contributed by atoms with van der Waals surface area (Å²) >= 11 is 0. The molecule has 27 heavy (non-hydrogen) atoms. The Balaban J connectivity index is 1.78. The van der Waals surface area contributed by atoms with Gasteiger partial charge in [0.15, 0.2) is 11.9 Å². The van der Waals surface area contributed by atoms with Crippen molar-refractivity contribution in [3.63, 3.8) is 0 Å². The van der Waals surface area contributed by atoms with Crippen LogP contribution in [-0.2, 0) is 11.3 Å². The SMILES string of the molecule is COc1ccc(CNC(=O)c2cccc3c2O[C@@H](C)C(=O)N3)cc1C(=O)O. The molecule has 0 fully saturated rings. The van der Waals surface area contributed by atoms with E-state index in [0.29, 0.717) is 17.0 Å². The fourth-order valence-electron chi connectivity index (χ4n) is 2.72. The standard InChI is InChI=1S/C19H18N2O6/c1-10-17(22)21-14-5-3-4-12(16(14)27-10)18(23)20-9-11-6-7-15(26-2)13(8-11)19(24)25/h3-8,10H,9H2,1-2H3,(H,20,23)(H,21,22)(H,24,25)/t10-/m0/s1. The molecule has 140 valence electrons. The Morgan fingerprint density at radius 3 is 2.74 bits per heavy atom. The van der Waals surface area contributed by atoms with Crippen LogP contribution in [0.4, 0.5) is 5.69 Å². The second kappa shape index (κ2) is 7.36. The van der Waals surface area contributed by atoms with Crippen LogP contribution in [0, 0.1) is 0 Å². The molecule has 0 saturated carbocycles. The van der Waals surface area contributed by atoms with Crippen LogP contribution in [0.1, 0.15) is 33.2 Å². The average Bonchev–Trinajstić information content (AvgIpc) is 2.66. The topological polar surface area (TPSA) is 114 Å². The van der Waals surface area contributed by atoms with Gasteiger partial charge in [-0.05, 0) is 36.8 Å². The summed E-state index contributed by atoms with van der Waals surface area (Å²) in [6.07, 6.45) is -0.703. The fraction of sp³-hybridized carbons (Fsp3) is 0.211. The number of benzene rings is 2. The molecule has 0 unspecified atom stereocenters. The summed E-state index contributed by atoms with van der Waals surface area (Å²) in [4.78, 5) is 35.6. The normalized spacial score (nSPS) is 15.2. The Morgan fingerprint density at radius 1 is 1.26 bits per heavy atom. The number of para-hydroxylation sites is 1. The van der Waals surface area contributed by atoms with Crippen LogP contribution in [0.15, 0.2) is 36.4 Å². The summed E-state index contributed by atoms with van der Waals surface area (Å²) in [5.74, 6) is -1.24. The molecule has 0 bridgehead atoms. The van der Waals surface area contributed by atoms with E-state index in [9.17, 15) is 19.5 Å². The quantitative estimate of drug-likeness (QED) is 0.742. The molecule has 1 atom stereocenters. The molecule has 2 amide bonds. The molecule has 2 aromatic carbocycles. The van der Waals surface area contributed by atoms with Crippen LogP contribution in [0.2, 0.25) is 0 Å². The number of ether oxygens (including phenoxy) is 2. The zero-order valence-electron chi connectivity index (χ0n) is 14.7. The molecule has 3 rings (SSSR count). The van der Waals surface area contributed by atoms with Crippen molar-refractivity contribution in [2.75, 3.05) is 12.4 Å². The van der Waals surface area contributed by atoms with Gasteiger partial charge in [-0.15, -0.1) is 0 Å². The zero-order chi connectivity index (χ0) is 19.6. The Bertz CT molecular complexity index is 924. The van der Waals surface area contributed by atoms with Gasteiger partial charge in [-0.25, -0.2) is 4.79 Å². The van der Waals surface area contributed by atoms with Crippen LogP contribution >= 0.6 is 0 Å². The number of carbonyl (C=O) groups is 3. The molecule has 0 spiro atoms. The molecule has 0 radical (unpaired) electrons. The van der Waals surface area contributed by atoms with Crippen molar-refractivity contribution >= 4 is 23.5 Å². The first-order valence-corrected chi connectivity index (χ1v) is 8.19. The summed E-state index contributed by atoms with van der Waals surface area (Å²) in [5.41, 5.74) is 1.34. The second-order valence-corrected chi connectivity index (χ2v) is 5.95. The maximum absolute atomic E-state index is 12.6. The highest BCUT2D eigenvalue weighted by Crippen LogP contribution is 2.33. The van der Waals surface area contributed by atoms with Crippen molar-refractivity contribution in [2.24, 2.45) is 0 Å². The van der Waals surface area contributed by atoms with Crippen molar-refractivity contribution in [3.8, 4) is 11.5 Å². The van der Waals surface area contributed by atoms with Gasteiger partial charge in [0.2, 0.25) is 0 Å². The third kappa shape index (κ3) is 3.69. The monoisotopic (exact) mass is 370 g/mol. The smallest absolute Gasteiger partial charge is 0.339 e. The van der Waals surface area contributed by atoms with Crippen LogP contribution < -0.4 is 20.1 Å². The molecule has 1 heterocycles. The minimum atomic E-state index is -1.12. The van der Waals surface area contributed by atoms with Gasteiger partial charge in [-0.1, -0.05) is 12.1 Å². The van der Waals surface area contributed by atoms with E-state index in [-0.39, 0.29) is 29.3 Å². The summed E-state index contributed by atoms with van der Waals surface area (Å²) in [7, 11) is 1.39. The van der Waals surface area contributed by atoms with Crippen molar-refractivity contribution in [2.45, 2.75) is 19.6 Å². The van der Waals surface area contributed by atoms with E-state index in [2.05, 4.69) is 10.6 Å². The number of carboxylic acids is 1. The van der Waals surface area contributed by atoms with Gasteiger partial charge in [0.25, 0.3) is 11.8 Å². The van der Waals surface area contributed by atoms with Gasteiger partial charge in [-0.2, -0.15) is 0 Å². The number of aromatic carboxylic acids is 1. The van der Waals surface area contributed by atoms with Crippen molar-refractivity contribution in [1.82, 2.24) is 5.32 Å². The molecule has 8 heteroatoms. The minimum Gasteiger partial charge on any atom is -0.496 e. The lowest BCUT2D eigenvalue weighted by Gasteiger charge is -2.25. The third-order valence-corrected chi connectivity index (χ3v) is 4.13. The van der Waals surface area contributed by atoms with E-state index in [1.54, 1.807) is 31.2 Å². The minimum absolute atomic E-state index is 0.0150. The molecular weight excluding hydrogens is 352 g/mol. The first-order chi connectivity index (χ1) is 12.9. The molecule has 2 aromatic rings. The predicted octanol–water partition coefficient (Wildman–Crippen LogP) is 2.04. The largest absolute Gasteiger partial charge is 0.496 e. The van der Waals surface area contributed by atoms with Crippen LogP contribution in [0.25, 0.3) is 0 Å². The number of anilines is 1. The van der Waals surface area contributed by atoms with Gasteiger partial charge < -0.3 is 25.2 Å². The molecule has 3 N–H and O–H groups in total. The highest BCUT2D eigenvalue weighted by Gasteiger charge is 2.27. The Hall–Kier alpha value is -3.55. The summed E-state index contributed by atoms with van der Waals surface area (Å²) < 4.78 is 10.6. The molecular formula is C19H18N2O6. The van der Waals surface area contributed by atoms with Gasteiger partial charge >= 0.3 is 5.97 Å².